The standard InChI is InChI=1S/C20H27N3O3/c1-21-12-15-2-7-18(14-21)23(13-15)20(25)17-5-3-16(4-6-17)19(24)22-8-10-26-11-9-22/h3-6,15,18H,2,7-14H2,1H3/t15-,18+/m0/s1. The lowest BCUT2D eigenvalue weighted by atomic mass is 9.94. The van der Waals surface area contributed by atoms with Crippen molar-refractivity contribution in [3.05, 3.63) is 35.4 Å². The quantitative estimate of drug-likeness (QED) is 0.801. The molecule has 6 nitrogen and oxygen atoms in total. The average molecular weight is 357 g/mol. The summed E-state index contributed by atoms with van der Waals surface area (Å²) in [6.45, 7) is 5.32. The van der Waals surface area contributed by atoms with Crippen LogP contribution in [0.4, 0.5) is 0 Å². The summed E-state index contributed by atoms with van der Waals surface area (Å²) in [7, 11) is 2.14. The fourth-order valence-electron chi connectivity index (χ4n) is 4.44. The van der Waals surface area contributed by atoms with Gasteiger partial charge in [-0.15, -0.1) is 0 Å². The number of benzene rings is 1. The van der Waals surface area contributed by atoms with Crippen LogP contribution >= 0.6 is 0 Å². The van der Waals surface area contributed by atoms with Gasteiger partial charge in [-0.25, -0.2) is 0 Å². The monoisotopic (exact) mass is 357 g/mol. The molecular weight excluding hydrogens is 330 g/mol. The van der Waals surface area contributed by atoms with E-state index in [4.69, 9.17) is 4.74 Å². The van der Waals surface area contributed by atoms with Gasteiger partial charge in [0.15, 0.2) is 0 Å². The van der Waals surface area contributed by atoms with Crippen LogP contribution in [0.15, 0.2) is 24.3 Å². The minimum absolute atomic E-state index is 0.0164. The van der Waals surface area contributed by atoms with E-state index in [1.165, 1.54) is 6.42 Å². The highest BCUT2D eigenvalue weighted by atomic mass is 16.5. The van der Waals surface area contributed by atoms with Crippen molar-refractivity contribution in [2.75, 3.05) is 53.0 Å². The van der Waals surface area contributed by atoms with Crippen LogP contribution in [0.2, 0.25) is 0 Å². The second-order valence-corrected chi connectivity index (χ2v) is 7.76. The Labute approximate surface area is 154 Å². The highest BCUT2D eigenvalue weighted by molar-refractivity contribution is 5.98. The first-order valence-electron chi connectivity index (χ1n) is 9.58. The van der Waals surface area contributed by atoms with Crippen LogP contribution in [0.3, 0.4) is 0 Å². The molecule has 0 N–H and O–H groups in total. The zero-order valence-corrected chi connectivity index (χ0v) is 15.4. The lowest BCUT2D eigenvalue weighted by Crippen LogP contribution is -2.47. The van der Waals surface area contributed by atoms with Crippen LogP contribution in [-0.4, -0.2) is 85.5 Å². The first-order valence-corrected chi connectivity index (χ1v) is 9.58. The van der Waals surface area contributed by atoms with Crippen molar-refractivity contribution in [3.8, 4) is 0 Å². The normalized spacial score (nSPS) is 26.7. The van der Waals surface area contributed by atoms with Gasteiger partial charge in [0.1, 0.15) is 0 Å². The Morgan fingerprint density at radius 2 is 1.58 bits per heavy atom. The largest absolute Gasteiger partial charge is 0.378 e. The number of carbonyl (C=O) groups excluding carboxylic acids is 2. The van der Waals surface area contributed by atoms with Gasteiger partial charge >= 0.3 is 0 Å². The van der Waals surface area contributed by atoms with E-state index in [-0.39, 0.29) is 11.8 Å². The number of carbonyl (C=O) groups is 2. The molecule has 4 saturated heterocycles. The molecule has 2 amide bonds. The van der Waals surface area contributed by atoms with Gasteiger partial charge in [-0.2, -0.15) is 0 Å². The summed E-state index contributed by atoms with van der Waals surface area (Å²) in [5, 5.41) is 0. The molecule has 0 spiro atoms. The third kappa shape index (κ3) is 3.48. The Morgan fingerprint density at radius 3 is 2.27 bits per heavy atom. The first-order chi connectivity index (χ1) is 12.6. The number of piperidine rings is 1. The summed E-state index contributed by atoms with van der Waals surface area (Å²) in [4.78, 5) is 31.8. The van der Waals surface area contributed by atoms with E-state index in [1.807, 2.05) is 4.90 Å². The Kier molecular flexibility index (Phi) is 4.96. The Balaban J connectivity index is 1.46. The van der Waals surface area contributed by atoms with E-state index in [0.29, 0.717) is 49.4 Å². The van der Waals surface area contributed by atoms with Crippen LogP contribution < -0.4 is 0 Å². The Morgan fingerprint density at radius 1 is 0.923 bits per heavy atom. The third-order valence-corrected chi connectivity index (χ3v) is 5.83. The number of nitrogens with zero attached hydrogens (tertiary/aromatic N) is 3. The Hall–Kier alpha value is -1.92. The maximum Gasteiger partial charge on any atom is 0.254 e. The highest BCUT2D eigenvalue weighted by Gasteiger charge is 2.36. The van der Waals surface area contributed by atoms with Gasteiger partial charge in [0.25, 0.3) is 11.8 Å². The molecule has 1 aromatic rings. The van der Waals surface area contributed by atoms with Crippen LogP contribution in [0.1, 0.15) is 33.6 Å². The molecule has 140 valence electrons. The summed E-state index contributed by atoms with van der Waals surface area (Å²) in [6, 6.07) is 7.48. The smallest absolute Gasteiger partial charge is 0.254 e. The number of amides is 2. The van der Waals surface area contributed by atoms with E-state index in [1.54, 1.807) is 24.3 Å². The summed E-state index contributed by atoms with van der Waals surface area (Å²) >= 11 is 0. The van der Waals surface area contributed by atoms with Crippen molar-refractivity contribution in [2.24, 2.45) is 5.92 Å². The van der Waals surface area contributed by atoms with Gasteiger partial charge in [0.05, 0.1) is 13.2 Å². The van der Waals surface area contributed by atoms with Crippen molar-refractivity contribution in [2.45, 2.75) is 18.9 Å². The number of fused-ring (bicyclic) bond motifs is 4. The molecule has 0 aromatic heterocycles. The maximum absolute atomic E-state index is 13.0. The zero-order chi connectivity index (χ0) is 18.1. The molecule has 4 fully saturated rings. The molecule has 1 aromatic carbocycles. The Bertz CT molecular complexity index is 669. The minimum Gasteiger partial charge on any atom is -0.378 e. The molecule has 6 heteroatoms. The van der Waals surface area contributed by atoms with Gasteiger partial charge in [-0.05, 0) is 50.1 Å². The topological polar surface area (TPSA) is 53.1 Å². The molecule has 4 aliphatic rings. The number of likely N-dealkylation sites (N-methyl/N-ethyl adjacent to an activating group) is 1. The molecule has 4 heterocycles. The molecule has 0 saturated carbocycles. The fourth-order valence-corrected chi connectivity index (χ4v) is 4.44. The molecule has 4 aliphatic heterocycles. The van der Waals surface area contributed by atoms with Crippen molar-refractivity contribution in [1.29, 1.82) is 0 Å². The van der Waals surface area contributed by atoms with Crippen molar-refractivity contribution < 1.29 is 14.3 Å². The van der Waals surface area contributed by atoms with E-state index >= 15 is 0 Å². The lowest BCUT2D eigenvalue weighted by molar-refractivity contribution is 0.0302. The third-order valence-electron chi connectivity index (χ3n) is 5.83. The van der Waals surface area contributed by atoms with E-state index < -0.39 is 0 Å². The lowest BCUT2D eigenvalue weighted by Gasteiger charge is -2.36. The van der Waals surface area contributed by atoms with Crippen LogP contribution in [0.25, 0.3) is 0 Å². The van der Waals surface area contributed by atoms with Crippen molar-refractivity contribution in [1.82, 2.24) is 14.7 Å². The molecule has 2 bridgehead atoms. The fraction of sp³-hybridized carbons (Fsp3) is 0.600. The number of morpholine rings is 1. The molecular formula is C20H27N3O3. The van der Waals surface area contributed by atoms with Gasteiger partial charge < -0.3 is 19.4 Å². The highest BCUT2D eigenvalue weighted by Crippen LogP contribution is 2.28. The van der Waals surface area contributed by atoms with Crippen LogP contribution in [0.5, 0.6) is 0 Å². The van der Waals surface area contributed by atoms with Gasteiger partial charge in [-0.3, -0.25) is 9.59 Å². The molecule has 5 rings (SSSR count). The minimum atomic E-state index is 0.0164. The van der Waals surface area contributed by atoms with E-state index in [0.717, 1.165) is 26.1 Å². The van der Waals surface area contributed by atoms with Crippen LogP contribution in [0, 0.1) is 5.92 Å². The molecule has 0 aliphatic carbocycles. The van der Waals surface area contributed by atoms with Crippen LogP contribution in [-0.2, 0) is 4.74 Å². The van der Waals surface area contributed by atoms with Crippen molar-refractivity contribution >= 4 is 11.8 Å². The number of rotatable bonds is 2. The summed E-state index contributed by atoms with van der Waals surface area (Å²) in [6.07, 6.45) is 2.31. The van der Waals surface area contributed by atoms with Crippen molar-refractivity contribution in [3.63, 3.8) is 0 Å². The molecule has 26 heavy (non-hydrogen) atoms. The second-order valence-electron chi connectivity index (χ2n) is 7.76. The predicted molar refractivity (Wildman–Crippen MR) is 98.2 cm³/mol. The second kappa shape index (κ2) is 7.37. The average Bonchev–Trinajstić information content (AvgIpc) is 2.96. The summed E-state index contributed by atoms with van der Waals surface area (Å²) in [5.41, 5.74) is 1.32. The SMILES string of the molecule is CN1C[C@@H]2CC[C@H](C1)N(C(=O)c1ccc(C(=O)N3CCOCC3)cc1)C2. The summed E-state index contributed by atoms with van der Waals surface area (Å²) in [5.74, 6) is 0.688. The first kappa shape index (κ1) is 17.5. The predicted octanol–water partition coefficient (Wildman–Crippen LogP) is 1.33. The van der Waals surface area contributed by atoms with Gasteiger partial charge in [-0.1, -0.05) is 0 Å². The van der Waals surface area contributed by atoms with Gasteiger partial charge in [0, 0.05) is 49.9 Å². The number of hydrogen-bond acceptors (Lipinski definition) is 4. The van der Waals surface area contributed by atoms with E-state index in [9.17, 15) is 9.59 Å². The van der Waals surface area contributed by atoms with Gasteiger partial charge in [0.2, 0.25) is 0 Å². The molecule has 0 radical (unpaired) electrons. The molecule has 2 atom stereocenters. The zero-order valence-electron chi connectivity index (χ0n) is 15.4. The maximum atomic E-state index is 13.0. The molecule has 0 unspecified atom stereocenters. The number of hydrogen-bond donors (Lipinski definition) is 0. The number of ether oxygens (including phenoxy) is 1. The summed E-state index contributed by atoms with van der Waals surface area (Å²) < 4.78 is 5.30. The van der Waals surface area contributed by atoms with E-state index in [2.05, 4.69) is 16.8 Å².